The fourth-order valence-corrected chi connectivity index (χ4v) is 7.21. The number of rotatable bonds is 18. The van der Waals surface area contributed by atoms with Crippen LogP contribution < -0.4 is 20.3 Å². The highest BCUT2D eigenvalue weighted by molar-refractivity contribution is 6.23. The minimum absolute atomic E-state index is 0.0697. The van der Waals surface area contributed by atoms with E-state index in [2.05, 4.69) is 10.3 Å². The van der Waals surface area contributed by atoms with Gasteiger partial charge in [-0.15, -0.1) is 0 Å². The Morgan fingerprint density at radius 2 is 1.59 bits per heavy atom. The van der Waals surface area contributed by atoms with E-state index in [1.54, 1.807) is 70.0 Å². The minimum atomic E-state index is -0.995. The molecule has 0 spiro atoms. The first-order valence-corrected chi connectivity index (χ1v) is 19.0. The number of hydrogen-bond acceptors (Lipinski definition) is 12. The third-order valence-electron chi connectivity index (χ3n) is 10.4. The lowest BCUT2D eigenvalue weighted by molar-refractivity contribution is -0.136. The predicted octanol–water partition coefficient (Wildman–Crippen LogP) is 2.58. The van der Waals surface area contributed by atoms with Gasteiger partial charge in [0.1, 0.15) is 17.5 Å². The molecule has 4 aromatic rings. The van der Waals surface area contributed by atoms with E-state index in [1.165, 1.54) is 4.57 Å². The van der Waals surface area contributed by atoms with Gasteiger partial charge >= 0.3 is 0 Å². The molecular weight excluding hydrogens is 748 g/mol. The first-order chi connectivity index (χ1) is 27.9. The predicted molar refractivity (Wildman–Crippen MR) is 213 cm³/mol. The molecule has 2 aromatic carbocycles. The fourth-order valence-electron chi connectivity index (χ4n) is 7.21. The smallest absolute Gasteiger partial charge is 0.262 e. The Morgan fingerprint density at radius 3 is 2.29 bits per heavy atom. The van der Waals surface area contributed by atoms with Crippen molar-refractivity contribution in [2.45, 2.75) is 38.3 Å². The van der Waals surface area contributed by atoms with E-state index in [4.69, 9.17) is 18.9 Å². The molecule has 6 rings (SSSR count). The molecule has 1 unspecified atom stereocenters. The Bertz CT molecular complexity index is 2270. The minimum Gasteiger partial charge on any atom is -0.496 e. The molecule has 2 aromatic heterocycles. The molecular formula is C42H48N6O10. The largest absolute Gasteiger partial charge is 0.496 e. The summed E-state index contributed by atoms with van der Waals surface area (Å²) in [4.78, 5) is 84.2. The van der Waals surface area contributed by atoms with Crippen LogP contribution in [0.15, 0.2) is 59.8 Å². The molecule has 0 saturated carbocycles. The maximum atomic E-state index is 13.1. The van der Waals surface area contributed by atoms with Crippen LogP contribution in [0.1, 0.15) is 51.1 Å². The average molecular weight is 797 g/mol. The summed E-state index contributed by atoms with van der Waals surface area (Å²) >= 11 is 0. The van der Waals surface area contributed by atoms with E-state index in [0.29, 0.717) is 69.2 Å². The lowest BCUT2D eigenvalue weighted by Gasteiger charge is -2.27. The highest BCUT2D eigenvalue weighted by atomic mass is 16.5. The van der Waals surface area contributed by atoms with Gasteiger partial charge in [-0.05, 0) is 73.2 Å². The molecule has 0 radical (unpaired) electrons. The number of likely N-dealkylation sites (N-methyl/N-ethyl adjacent to an activating group) is 2. The van der Waals surface area contributed by atoms with Crippen LogP contribution in [-0.2, 0) is 43.9 Å². The number of amides is 5. The van der Waals surface area contributed by atoms with E-state index in [9.17, 15) is 28.8 Å². The number of nitrogens with zero attached hydrogens (tertiary/aromatic N) is 5. The summed E-state index contributed by atoms with van der Waals surface area (Å²) in [5.41, 5.74) is 3.66. The van der Waals surface area contributed by atoms with E-state index in [0.717, 1.165) is 32.5 Å². The summed E-state index contributed by atoms with van der Waals surface area (Å²) in [6, 6.07) is 9.71. The lowest BCUT2D eigenvalue weighted by atomic mass is 9.99. The van der Waals surface area contributed by atoms with Crippen molar-refractivity contribution in [3.05, 3.63) is 87.6 Å². The van der Waals surface area contributed by atoms with E-state index < -0.39 is 29.7 Å². The number of pyridine rings is 2. The SMILES string of the molecule is COc1cc(-c2cn(C)c(=O)c3cnccc23)cc(OC)c1CN(C)CC(=O)N(C)CCOCCOCCCc1ccc2c(c1)C(=O)N(C1CCC(=O)NC1=O)C2=O. The van der Waals surface area contributed by atoms with Gasteiger partial charge < -0.3 is 28.4 Å². The Hall–Kier alpha value is -5.97. The van der Waals surface area contributed by atoms with Crippen molar-refractivity contribution in [1.29, 1.82) is 0 Å². The van der Waals surface area contributed by atoms with Crippen LogP contribution in [0, 0.1) is 0 Å². The maximum Gasteiger partial charge on any atom is 0.262 e. The zero-order chi connectivity index (χ0) is 41.5. The van der Waals surface area contributed by atoms with Crippen molar-refractivity contribution in [1.82, 2.24) is 29.6 Å². The number of carbonyl (C=O) groups is 5. The first-order valence-electron chi connectivity index (χ1n) is 19.0. The zero-order valence-electron chi connectivity index (χ0n) is 33.4. The summed E-state index contributed by atoms with van der Waals surface area (Å²) in [6.45, 7) is 2.46. The number of ether oxygens (including phenoxy) is 4. The van der Waals surface area contributed by atoms with Crippen LogP contribution in [0.25, 0.3) is 21.9 Å². The Kier molecular flexibility index (Phi) is 13.3. The van der Waals surface area contributed by atoms with Crippen LogP contribution in [-0.4, -0.2) is 128 Å². The third kappa shape index (κ3) is 9.09. The molecule has 306 valence electrons. The summed E-state index contributed by atoms with van der Waals surface area (Å²) in [5, 5.41) is 3.48. The Balaban J connectivity index is 0.904. The number of hydrogen-bond donors (Lipinski definition) is 1. The van der Waals surface area contributed by atoms with Gasteiger partial charge in [-0.2, -0.15) is 0 Å². The van der Waals surface area contributed by atoms with Gasteiger partial charge in [0.05, 0.1) is 62.7 Å². The molecule has 1 fully saturated rings. The average Bonchev–Trinajstić information content (AvgIpc) is 3.46. The maximum absolute atomic E-state index is 13.1. The zero-order valence-corrected chi connectivity index (χ0v) is 33.4. The molecule has 4 heterocycles. The van der Waals surface area contributed by atoms with Crippen LogP contribution in [0.4, 0.5) is 0 Å². The number of piperidine rings is 1. The molecule has 1 N–H and O–H groups in total. The van der Waals surface area contributed by atoms with E-state index in [1.807, 2.05) is 30.1 Å². The van der Waals surface area contributed by atoms with E-state index >= 15 is 0 Å². The van der Waals surface area contributed by atoms with Crippen molar-refractivity contribution >= 4 is 40.3 Å². The van der Waals surface area contributed by atoms with Crippen LogP contribution >= 0.6 is 0 Å². The van der Waals surface area contributed by atoms with Crippen molar-refractivity contribution in [2.75, 3.05) is 67.8 Å². The molecule has 2 aliphatic rings. The van der Waals surface area contributed by atoms with Crippen LogP contribution in [0.2, 0.25) is 0 Å². The Morgan fingerprint density at radius 1 is 0.879 bits per heavy atom. The molecule has 2 aliphatic heterocycles. The van der Waals surface area contributed by atoms with Gasteiger partial charge in [-0.3, -0.25) is 48.9 Å². The second-order valence-corrected chi connectivity index (χ2v) is 14.4. The second kappa shape index (κ2) is 18.5. The summed E-state index contributed by atoms with van der Waals surface area (Å²) in [6.07, 6.45) is 6.48. The van der Waals surface area contributed by atoms with Gasteiger partial charge in [0.25, 0.3) is 17.4 Å². The number of nitrogens with one attached hydrogen (secondary N) is 1. The molecule has 0 aliphatic carbocycles. The number of imide groups is 2. The molecule has 0 bridgehead atoms. The molecule has 1 atom stereocenters. The number of methoxy groups -OCH3 is 2. The standard InChI is InChI=1S/C42H48N6O10/c1-45(23-33-35(55-4)20-27(21-36(33)56-5)32-24-47(3)40(52)31-22-43-13-12-28(31)32)25-38(50)46(2)14-16-58-18-17-57-15-6-7-26-8-9-29-30(19-26)42(54)48(41(29)53)34-10-11-37(49)44-39(34)51/h8-9,12-13,19-22,24,34H,6-7,10-11,14-18,23,25H2,1-5H3,(H,44,49,51). The number of aromatic nitrogens is 2. The van der Waals surface area contributed by atoms with Gasteiger partial charge in [-0.1, -0.05) is 6.07 Å². The van der Waals surface area contributed by atoms with Gasteiger partial charge in [0.15, 0.2) is 0 Å². The second-order valence-electron chi connectivity index (χ2n) is 14.4. The van der Waals surface area contributed by atoms with Crippen molar-refractivity contribution in [2.24, 2.45) is 7.05 Å². The van der Waals surface area contributed by atoms with Gasteiger partial charge in [-0.25, -0.2) is 0 Å². The highest BCUT2D eigenvalue weighted by Crippen LogP contribution is 2.38. The summed E-state index contributed by atoms with van der Waals surface area (Å²) in [7, 11) is 8.45. The molecule has 1 saturated heterocycles. The number of benzene rings is 2. The van der Waals surface area contributed by atoms with Crippen molar-refractivity contribution < 1.29 is 42.9 Å². The quantitative estimate of drug-likeness (QED) is 0.115. The number of fused-ring (bicyclic) bond motifs is 2. The lowest BCUT2D eigenvalue weighted by Crippen LogP contribution is -2.54. The summed E-state index contributed by atoms with van der Waals surface area (Å²) in [5.74, 6) is -1.01. The summed E-state index contributed by atoms with van der Waals surface area (Å²) < 4.78 is 24.5. The molecule has 5 amide bonds. The molecule has 58 heavy (non-hydrogen) atoms. The fraction of sp³-hybridized carbons (Fsp3) is 0.405. The Labute approximate surface area is 335 Å². The molecule has 16 nitrogen and oxygen atoms in total. The van der Waals surface area contributed by atoms with Gasteiger partial charge in [0.2, 0.25) is 17.7 Å². The molecule has 16 heteroatoms. The topological polar surface area (TPSA) is 179 Å². The van der Waals surface area contributed by atoms with Crippen molar-refractivity contribution in [3.63, 3.8) is 0 Å². The van der Waals surface area contributed by atoms with Crippen LogP contribution in [0.3, 0.4) is 0 Å². The number of aryl methyl sites for hydroxylation is 2. The first kappa shape index (κ1) is 41.7. The van der Waals surface area contributed by atoms with Crippen LogP contribution in [0.5, 0.6) is 11.5 Å². The van der Waals surface area contributed by atoms with Crippen molar-refractivity contribution in [3.8, 4) is 22.6 Å². The highest BCUT2D eigenvalue weighted by Gasteiger charge is 2.44. The monoisotopic (exact) mass is 796 g/mol. The van der Waals surface area contributed by atoms with Gasteiger partial charge in [0, 0.05) is 64.4 Å². The van der Waals surface area contributed by atoms with E-state index in [-0.39, 0.29) is 42.0 Å². The normalized spacial score (nSPS) is 15.3. The number of carbonyl (C=O) groups excluding carboxylic acids is 5. The third-order valence-corrected chi connectivity index (χ3v) is 10.4.